The molecular weight excluding hydrogens is 467 g/mol. The first kappa shape index (κ1) is 30.0. The minimum Gasteiger partial charge on any atom is -0.394 e. The summed E-state index contributed by atoms with van der Waals surface area (Å²) in [6.45, 7) is 6.07. The van der Waals surface area contributed by atoms with E-state index in [1.807, 2.05) is 13.8 Å². The van der Waals surface area contributed by atoms with E-state index in [9.17, 15) is 22.8 Å². The van der Waals surface area contributed by atoms with E-state index in [0.29, 0.717) is 31.5 Å². The van der Waals surface area contributed by atoms with Crippen molar-refractivity contribution < 1.29 is 37.5 Å². The molecule has 2 aromatic rings. The van der Waals surface area contributed by atoms with Crippen LogP contribution in [0.15, 0.2) is 24.3 Å². The summed E-state index contributed by atoms with van der Waals surface area (Å²) in [5.41, 5.74) is 2.09. The average molecular weight is 500 g/mol. The molecule has 1 aliphatic rings. The number of amides is 1. The molecule has 0 spiro atoms. The number of aldehydes is 1. The smallest absolute Gasteiger partial charge is 0.246 e. The number of aryl methyl sites for hydroxylation is 1. The summed E-state index contributed by atoms with van der Waals surface area (Å²) in [6, 6.07) is 5.30. The molecule has 0 atom stereocenters. The molecule has 0 radical (unpaired) electrons. The number of nitrogens with one attached hydrogen (secondary N) is 2. The third-order valence-corrected chi connectivity index (χ3v) is 4.54. The Morgan fingerprint density at radius 3 is 2.46 bits per heavy atom. The molecule has 3 rings (SSSR count). The van der Waals surface area contributed by atoms with Crippen molar-refractivity contribution in [2.45, 2.75) is 40.2 Å². The second-order valence-electron chi connectivity index (χ2n) is 7.00. The number of benzene rings is 2. The Morgan fingerprint density at radius 1 is 1.20 bits per heavy atom. The summed E-state index contributed by atoms with van der Waals surface area (Å²) in [5.74, 6) is -3.59. The van der Waals surface area contributed by atoms with Crippen molar-refractivity contribution in [3.05, 3.63) is 58.4 Å². The molecule has 1 heterocycles. The molecule has 8 nitrogen and oxygen atoms in total. The molecule has 1 saturated heterocycles. The minimum absolute atomic E-state index is 0.0703. The summed E-state index contributed by atoms with van der Waals surface area (Å²) in [6.07, 6.45) is 1.13. The van der Waals surface area contributed by atoms with Gasteiger partial charge in [0.15, 0.2) is 17.9 Å². The molecule has 1 amide bonds. The topological polar surface area (TPSA) is 100 Å². The van der Waals surface area contributed by atoms with Crippen LogP contribution in [0.4, 0.5) is 24.5 Å². The monoisotopic (exact) mass is 499 g/mol. The van der Waals surface area contributed by atoms with Gasteiger partial charge < -0.3 is 10.4 Å². The Balaban J connectivity index is 0.000000670. The molecule has 35 heavy (non-hydrogen) atoms. The predicted octanol–water partition coefficient (Wildman–Crippen LogP) is 4.18. The Labute approximate surface area is 202 Å². The number of aliphatic hydroxyl groups is 1. The molecule has 3 N–H and O–H groups in total. The molecule has 194 valence electrons. The molecule has 0 aromatic heterocycles. The maximum Gasteiger partial charge on any atom is 0.246 e. The first-order chi connectivity index (χ1) is 16.8. The molecule has 0 saturated carbocycles. The largest absolute Gasteiger partial charge is 0.394 e. The molecule has 1 aliphatic heterocycles. The minimum atomic E-state index is -1.33. The second kappa shape index (κ2) is 15.8. The highest BCUT2D eigenvalue weighted by molar-refractivity contribution is 5.87. The van der Waals surface area contributed by atoms with Crippen LogP contribution < -0.4 is 10.8 Å². The van der Waals surface area contributed by atoms with Crippen LogP contribution in [0.2, 0.25) is 0 Å². The van der Waals surface area contributed by atoms with E-state index in [1.54, 1.807) is 20.0 Å². The zero-order valence-corrected chi connectivity index (χ0v) is 20.3. The molecular formula is C24H32F3N3O5. The number of rotatable bonds is 8. The van der Waals surface area contributed by atoms with Crippen LogP contribution in [0, 0.1) is 24.4 Å². The Hall–Kier alpha value is -2.99. The van der Waals surface area contributed by atoms with E-state index in [2.05, 4.69) is 15.6 Å². The van der Waals surface area contributed by atoms with E-state index in [-0.39, 0.29) is 42.3 Å². The van der Waals surface area contributed by atoms with Crippen LogP contribution >= 0.6 is 0 Å². The maximum atomic E-state index is 14.6. The van der Waals surface area contributed by atoms with E-state index in [1.165, 1.54) is 12.1 Å². The highest BCUT2D eigenvalue weighted by Crippen LogP contribution is 2.30. The van der Waals surface area contributed by atoms with Gasteiger partial charge in [0.05, 0.1) is 37.7 Å². The fourth-order valence-corrected chi connectivity index (χ4v) is 2.92. The normalized spacial score (nSPS) is 12.8. The van der Waals surface area contributed by atoms with Gasteiger partial charge in [-0.1, -0.05) is 19.9 Å². The maximum absolute atomic E-state index is 14.6. The number of carbonyl (C=O) groups is 2. The van der Waals surface area contributed by atoms with Crippen LogP contribution in [-0.2, 0) is 21.0 Å². The number of nitrogens with zero attached hydrogens (tertiary/aromatic N) is 1. The molecule has 0 unspecified atom stereocenters. The molecule has 1 fully saturated rings. The van der Waals surface area contributed by atoms with Crippen molar-refractivity contribution >= 4 is 23.6 Å². The van der Waals surface area contributed by atoms with E-state index >= 15 is 0 Å². The van der Waals surface area contributed by atoms with Crippen molar-refractivity contribution in [1.29, 1.82) is 0 Å². The highest BCUT2D eigenvalue weighted by atomic mass is 19.2. The molecule has 0 aliphatic carbocycles. The highest BCUT2D eigenvalue weighted by Gasteiger charge is 2.25. The van der Waals surface area contributed by atoms with Crippen molar-refractivity contribution in [2.24, 2.45) is 0 Å². The third-order valence-electron chi connectivity index (χ3n) is 4.54. The molecule has 2 aromatic carbocycles. The van der Waals surface area contributed by atoms with E-state index in [0.717, 1.165) is 11.1 Å². The van der Waals surface area contributed by atoms with Gasteiger partial charge in [-0.3, -0.25) is 19.3 Å². The van der Waals surface area contributed by atoms with Crippen molar-refractivity contribution in [3.63, 3.8) is 0 Å². The summed E-state index contributed by atoms with van der Waals surface area (Å²) < 4.78 is 43.1. The lowest BCUT2D eigenvalue weighted by Gasteiger charge is -2.26. The number of hydrogen-bond acceptors (Lipinski definition) is 7. The lowest BCUT2D eigenvalue weighted by atomic mass is 10.1. The molecule has 0 bridgehead atoms. The summed E-state index contributed by atoms with van der Waals surface area (Å²) in [4.78, 5) is 32.8. The summed E-state index contributed by atoms with van der Waals surface area (Å²) >= 11 is 0. The average Bonchev–Trinajstić information content (AvgIpc) is 2.86. The van der Waals surface area contributed by atoms with Gasteiger partial charge >= 0.3 is 0 Å². The van der Waals surface area contributed by atoms with Crippen LogP contribution in [0.1, 0.15) is 48.2 Å². The number of anilines is 2. The summed E-state index contributed by atoms with van der Waals surface area (Å²) in [7, 11) is 1.65. The zero-order valence-electron chi connectivity index (χ0n) is 20.3. The van der Waals surface area contributed by atoms with Crippen LogP contribution in [0.5, 0.6) is 0 Å². The van der Waals surface area contributed by atoms with Gasteiger partial charge in [-0.2, -0.15) is 0 Å². The van der Waals surface area contributed by atoms with E-state index < -0.39 is 23.1 Å². The van der Waals surface area contributed by atoms with Gasteiger partial charge in [-0.25, -0.2) is 23.7 Å². The number of carbonyl (C=O) groups excluding carboxylic acids is 2. The second-order valence-corrected chi connectivity index (χ2v) is 7.00. The zero-order chi connectivity index (χ0) is 26.4. The lowest BCUT2D eigenvalue weighted by Crippen LogP contribution is -2.35. The van der Waals surface area contributed by atoms with Gasteiger partial charge in [-0.15, -0.1) is 0 Å². The van der Waals surface area contributed by atoms with Crippen molar-refractivity contribution in [2.75, 3.05) is 32.2 Å². The lowest BCUT2D eigenvalue weighted by molar-refractivity contribution is -0.202. The Morgan fingerprint density at radius 2 is 1.91 bits per heavy atom. The third kappa shape index (κ3) is 8.95. The first-order valence-corrected chi connectivity index (χ1v) is 11.1. The van der Waals surface area contributed by atoms with E-state index in [4.69, 9.17) is 9.94 Å². The number of hydrogen-bond donors (Lipinski definition) is 3. The van der Waals surface area contributed by atoms with Crippen molar-refractivity contribution in [1.82, 2.24) is 10.5 Å². The standard InChI is InChI=1S/C19H17F3N2O3.C3H9NO2.C2H6/c1-11-4-5-15(14(20)7-11)23-19-13(10-25)8-12(17(21)18(19)22)9-24-16(26)3-2-6-27-24;1-4-6-3-2-5;1-2/h4-5,7-8,10,23H,2-3,6,9H2,1H3;4-5H,2-3H2,1H3;1-2H3. The first-order valence-electron chi connectivity index (χ1n) is 11.1. The fraction of sp³-hybridized carbons (Fsp3) is 0.417. The van der Waals surface area contributed by atoms with Crippen LogP contribution in [0.3, 0.4) is 0 Å². The quantitative estimate of drug-likeness (QED) is 0.285. The van der Waals surface area contributed by atoms with Crippen molar-refractivity contribution in [3.8, 4) is 0 Å². The number of hydroxylamine groups is 3. The molecule has 11 heteroatoms. The predicted molar refractivity (Wildman–Crippen MR) is 125 cm³/mol. The number of aliphatic hydroxyl groups excluding tert-OH is 1. The van der Waals surface area contributed by atoms with Crippen LogP contribution in [-0.4, -0.2) is 49.2 Å². The fourth-order valence-electron chi connectivity index (χ4n) is 2.92. The SMILES string of the molecule is CC.CNOCCO.Cc1ccc(Nc2c(C=O)cc(CN3OCCCC3=O)c(F)c2F)c(F)c1. The van der Waals surface area contributed by atoms with Gasteiger partial charge in [0.2, 0.25) is 5.91 Å². The van der Waals surface area contributed by atoms with Gasteiger partial charge in [0.25, 0.3) is 0 Å². The Bertz CT molecular complexity index is 972. The van der Waals surface area contributed by atoms with Gasteiger partial charge in [0.1, 0.15) is 5.82 Å². The summed E-state index contributed by atoms with van der Waals surface area (Å²) in [5, 5.41) is 11.4. The van der Waals surface area contributed by atoms with Gasteiger partial charge in [0, 0.05) is 24.6 Å². The van der Waals surface area contributed by atoms with Crippen LogP contribution in [0.25, 0.3) is 0 Å². The van der Waals surface area contributed by atoms with Gasteiger partial charge in [-0.05, 0) is 37.1 Å². The number of halogens is 3. The Kier molecular flexibility index (Phi) is 13.6.